The standard InChI is InChI=1S/C16H23NOS/c1-16(2)9-12-14(13(18)10-16)19-15(17-12)11-7-5-3-4-6-8-11/h11H,3-10H2,1-2H3. The van der Waals surface area contributed by atoms with E-state index < -0.39 is 0 Å². The van der Waals surface area contributed by atoms with Crippen molar-refractivity contribution in [1.82, 2.24) is 4.98 Å². The molecule has 0 unspecified atom stereocenters. The first kappa shape index (κ1) is 13.3. The van der Waals surface area contributed by atoms with Gasteiger partial charge in [0, 0.05) is 12.3 Å². The quantitative estimate of drug-likeness (QED) is 0.694. The predicted molar refractivity (Wildman–Crippen MR) is 79.0 cm³/mol. The Hall–Kier alpha value is -0.700. The van der Waals surface area contributed by atoms with Gasteiger partial charge in [-0.05, 0) is 24.7 Å². The zero-order valence-corrected chi connectivity index (χ0v) is 12.8. The first-order valence-corrected chi connectivity index (χ1v) is 8.40. The number of rotatable bonds is 1. The lowest BCUT2D eigenvalue weighted by Crippen LogP contribution is -2.26. The van der Waals surface area contributed by atoms with Crippen LogP contribution in [0.1, 0.15) is 85.1 Å². The van der Waals surface area contributed by atoms with E-state index >= 15 is 0 Å². The smallest absolute Gasteiger partial charge is 0.175 e. The van der Waals surface area contributed by atoms with E-state index in [9.17, 15) is 4.79 Å². The van der Waals surface area contributed by atoms with E-state index in [1.165, 1.54) is 43.5 Å². The average Bonchev–Trinajstić information content (AvgIpc) is 2.58. The molecule has 2 aliphatic carbocycles. The number of hydrogen-bond donors (Lipinski definition) is 0. The fraction of sp³-hybridized carbons (Fsp3) is 0.750. The van der Waals surface area contributed by atoms with Crippen LogP contribution in [0.3, 0.4) is 0 Å². The lowest BCUT2D eigenvalue weighted by atomic mass is 9.78. The van der Waals surface area contributed by atoms with Gasteiger partial charge in [-0.2, -0.15) is 0 Å². The second-order valence-electron chi connectivity index (χ2n) is 6.96. The van der Waals surface area contributed by atoms with Gasteiger partial charge in [0.25, 0.3) is 0 Å². The van der Waals surface area contributed by atoms with Crippen LogP contribution in [0, 0.1) is 5.41 Å². The summed E-state index contributed by atoms with van der Waals surface area (Å²) >= 11 is 1.70. The number of carbonyl (C=O) groups is 1. The lowest BCUT2D eigenvalue weighted by molar-refractivity contribution is 0.0916. The van der Waals surface area contributed by atoms with Crippen molar-refractivity contribution in [2.75, 3.05) is 0 Å². The van der Waals surface area contributed by atoms with Crippen LogP contribution in [0.15, 0.2) is 0 Å². The molecule has 2 nitrogen and oxygen atoms in total. The van der Waals surface area contributed by atoms with Crippen LogP contribution >= 0.6 is 11.3 Å². The van der Waals surface area contributed by atoms with Crippen molar-refractivity contribution in [2.45, 2.75) is 71.1 Å². The topological polar surface area (TPSA) is 30.0 Å². The molecule has 0 bridgehead atoms. The third kappa shape index (κ3) is 2.76. The summed E-state index contributed by atoms with van der Waals surface area (Å²) in [7, 11) is 0. The Labute approximate surface area is 119 Å². The van der Waals surface area contributed by atoms with Gasteiger partial charge in [-0.15, -0.1) is 11.3 Å². The van der Waals surface area contributed by atoms with Crippen LogP contribution in [0.5, 0.6) is 0 Å². The van der Waals surface area contributed by atoms with Crippen molar-refractivity contribution in [2.24, 2.45) is 5.41 Å². The predicted octanol–water partition coefficient (Wildman–Crippen LogP) is 4.74. The normalized spacial score (nSPS) is 24.0. The Balaban J connectivity index is 1.87. The Morgan fingerprint density at radius 3 is 2.47 bits per heavy atom. The van der Waals surface area contributed by atoms with Crippen LogP contribution in [0.2, 0.25) is 0 Å². The molecule has 0 radical (unpaired) electrons. The molecule has 1 aromatic rings. The van der Waals surface area contributed by atoms with E-state index in [1.807, 2.05) is 0 Å². The van der Waals surface area contributed by atoms with Gasteiger partial charge in [0.05, 0.1) is 15.6 Å². The number of fused-ring (bicyclic) bond motifs is 1. The number of aromatic nitrogens is 1. The summed E-state index contributed by atoms with van der Waals surface area (Å²) in [6.07, 6.45) is 9.58. The van der Waals surface area contributed by atoms with Gasteiger partial charge < -0.3 is 0 Å². The first-order valence-electron chi connectivity index (χ1n) is 7.58. The number of nitrogens with zero attached hydrogens (tertiary/aromatic N) is 1. The Morgan fingerprint density at radius 1 is 1.11 bits per heavy atom. The molecule has 0 aliphatic heterocycles. The maximum atomic E-state index is 12.2. The maximum Gasteiger partial charge on any atom is 0.175 e. The molecule has 2 aliphatic rings. The molecule has 1 aromatic heterocycles. The molecule has 19 heavy (non-hydrogen) atoms. The second kappa shape index (κ2) is 5.01. The zero-order chi connectivity index (χ0) is 13.5. The summed E-state index contributed by atoms with van der Waals surface area (Å²) in [6.45, 7) is 4.36. The Morgan fingerprint density at radius 2 is 1.79 bits per heavy atom. The molecular weight excluding hydrogens is 254 g/mol. The zero-order valence-electron chi connectivity index (χ0n) is 12.0. The van der Waals surface area contributed by atoms with E-state index in [-0.39, 0.29) is 5.41 Å². The van der Waals surface area contributed by atoms with Crippen LogP contribution in [0.25, 0.3) is 0 Å². The summed E-state index contributed by atoms with van der Waals surface area (Å²) in [5.74, 6) is 0.942. The molecule has 1 fully saturated rings. The Bertz CT molecular complexity index is 481. The molecule has 0 saturated heterocycles. The molecule has 0 atom stereocenters. The molecule has 0 spiro atoms. The Kier molecular flexibility index (Phi) is 3.50. The fourth-order valence-corrected chi connectivity index (χ4v) is 4.63. The summed E-state index contributed by atoms with van der Waals surface area (Å²) < 4.78 is 0. The van der Waals surface area contributed by atoms with Gasteiger partial charge in [-0.3, -0.25) is 4.79 Å². The molecule has 1 saturated carbocycles. The summed E-state index contributed by atoms with van der Waals surface area (Å²) in [4.78, 5) is 18.1. The SMILES string of the molecule is CC1(C)CC(=O)c2sc(C3CCCCCC3)nc2C1. The van der Waals surface area contributed by atoms with Crippen molar-refractivity contribution in [3.63, 3.8) is 0 Å². The number of carbonyl (C=O) groups excluding carboxylic acids is 1. The molecular formula is C16H23NOS. The van der Waals surface area contributed by atoms with Gasteiger partial charge in [0.15, 0.2) is 5.78 Å². The first-order chi connectivity index (χ1) is 9.05. The monoisotopic (exact) mass is 277 g/mol. The van der Waals surface area contributed by atoms with Crippen LogP contribution in [0.4, 0.5) is 0 Å². The highest BCUT2D eigenvalue weighted by atomic mass is 32.1. The third-order valence-corrected chi connectivity index (χ3v) is 5.76. The number of ketones is 1. The highest BCUT2D eigenvalue weighted by Crippen LogP contribution is 2.41. The minimum atomic E-state index is 0.0961. The summed E-state index contributed by atoms with van der Waals surface area (Å²) in [5, 5.41) is 1.25. The van der Waals surface area contributed by atoms with Gasteiger partial charge >= 0.3 is 0 Å². The highest BCUT2D eigenvalue weighted by Gasteiger charge is 2.34. The second-order valence-corrected chi connectivity index (χ2v) is 7.99. The minimum absolute atomic E-state index is 0.0961. The number of hydrogen-bond acceptors (Lipinski definition) is 3. The molecule has 1 heterocycles. The van der Waals surface area contributed by atoms with Gasteiger partial charge in [-0.1, -0.05) is 39.5 Å². The third-order valence-electron chi connectivity index (χ3n) is 4.46. The average molecular weight is 277 g/mol. The largest absolute Gasteiger partial charge is 0.293 e. The van der Waals surface area contributed by atoms with Crippen LogP contribution < -0.4 is 0 Å². The molecule has 0 N–H and O–H groups in total. The summed E-state index contributed by atoms with van der Waals surface area (Å²) in [5.41, 5.74) is 1.18. The van der Waals surface area contributed by atoms with E-state index in [0.717, 1.165) is 17.0 Å². The fourth-order valence-electron chi connectivity index (χ4n) is 3.44. The van der Waals surface area contributed by atoms with E-state index in [4.69, 9.17) is 4.98 Å². The van der Waals surface area contributed by atoms with E-state index in [1.54, 1.807) is 11.3 Å². The van der Waals surface area contributed by atoms with Gasteiger partial charge in [0.2, 0.25) is 0 Å². The maximum absolute atomic E-state index is 12.2. The summed E-state index contributed by atoms with van der Waals surface area (Å²) in [6, 6.07) is 0. The van der Waals surface area contributed by atoms with Crippen molar-refractivity contribution >= 4 is 17.1 Å². The molecule has 104 valence electrons. The molecule has 0 amide bonds. The van der Waals surface area contributed by atoms with Crippen molar-refractivity contribution in [1.29, 1.82) is 0 Å². The number of Topliss-reactive ketones (excluding diaryl/α,β-unsaturated/α-hetero) is 1. The lowest BCUT2D eigenvalue weighted by Gasteiger charge is -2.26. The molecule has 3 heteroatoms. The van der Waals surface area contributed by atoms with Crippen LogP contribution in [-0.2, 0) is 6.42 Å². The van der Waals surface area contributed by atoms with Crippen molar-refractivity contribution in [3.8, 4) is 0 Å². The van der Waals surface area contributed by atoms with Gasteiger partial charge in [0.1, 0.15) is 0 Å². The molecule has 3 rings (SSSR count). The van der Waals surface area contributed by atoms with Crippen molar-refractivity contribution < 1.29 is 4.79 Å². The highest BCUT2D eigenvalue weighted by molar-refractivity contribution is 7.14. The molecule has 0 aromatic carbocycles. The van der Waals surface area contributed by atoms with E-state index in [2.05, 4.69) is 13.8 Å². The van der Waals surface area contributed by atoms with Gasteiger partial charge in [-0.25, -0.2) is 4.98 Å². The van der Waals surface area contributed by atoms with Crippen LogP contribution in [-0.4, -0.2) is 10.8 Å². The number of thiazole rings is 1. The van der Waals surface area contributed by atoms with E-state index in [0.29, 0.717) is 18.1 Å². The van der Waals surface area contributed by atoms with Crippen molar-refractivity contribution in [3.05, 3.63) is 15.6 Å². The minimum Gasteiger partial charge on any atom is -0.293 e.